The second-order valence-electron chi connectivity index (χ2n) is 4.57. The van der Waals surface area contributed by atoms with Gasteiger partial charge in [0, 0.05) is 26.7 Å². The van der Waals surface area contributed by atoms with Gasteiger partial charge in [-0.05, 0) is 24.1 Å². The van der Waals surface area contributed by atoms with Gasteiger partial charge in [-0.2, -0.15) is 0 Å². The second-order valence-corrected chi connectivity index (χ2v) is 4.57. The molecule has 0 radical (unpaired) electrons. The van der Waals surface area contributed by atoms with Crippen LogP contribution in [0.3, 0.4) is 0 Å². The van der Waals surface area contributed by atoms with Crippen LogP contribution in [0.15, 0.2) is 18.2 Å². The summed E-state index contributed by atoms with van der Waals surface area (Å²) in [6.07, 6.45) is 0.852. The van der Waals surface area contributed by atoms with Crippen molar-refractivity contribution >= 4 is 5.91 Å². The molecule has 5 nitrogen and oxygen atoms in total. The number of methoxy groups -OCH3 is 1. The van der Waals surface area contributed by atoms with Crippen molar-refractivity contribution < 1.29 is 18.7 Å². The number of carbonyl (C=O) groups excluding carboxylic acids is 1. The molecular weight excluding hydrogens is 275 g/mol. The Bertz CT molecular complexity index is 441. The van der Waals surface area contributed by atoms with E-state index < -0.39 is 5.82 Å². The Morgan fingerprint density at radius 2 is 2.14 bits per heavy atom. The minimum Gasteiger partial charge on any atom is -0.481 e. The highest BCUT2D eigenvalue weighted by atomic mass is 19.1. The lowest BCUT2D eigenvalue weighted by atomic mass is 10.2. The molecule has 0 saturated carbocycles. The standard InChI is InChI=1S/C15H23FN2O3/c1-3-6-18-15(19)11-21-14-5-4-12(9-13(14)16)10-17-7-8-20-2/h4-5,9,17H,3,6-8,10-11H2,1-2H3,(H,18,19). The Morgan fingerprint density at radius 3 is 2.81 bits per heavy atom. The number of ether oxygens (including phenoxy) is 2. The number of benzene rings is 1. The fraction of sp³-hybridized carbons (Fsp3) is 0.533. The van der Waals surface area contributed by atoms with Gasteiger partial charge in [0.2, 0.25) is 0 Å². The predicted molar refractivity (Wildman–Crippen MR) is 78.8 cm³/mol. The highest BCUT2D eigenvalue weighted by Crippen LogP contribution is 2.18. The summed E-state index contributed by atoms with van der Waals surface area (Å²) in [4.78, 5) is 11.4. The fourth-order valence-corrected chi connectivity index (χ4v) is 1.64. The third-order valence-corrected chi connectivity index (χ3v) is 2.74. The number of carbonyl (C=O) groups is 1. The molecule has 21 heavy (non-hydrogen) atoms. The zero-order chi connectivity index (χ0) is 15.5. The summed E-state index contributed by atoms with van der Waals surface area (Å²) in [6, 6.07) is 4.71. The Hall–Kier alpha value is -1.66. The first-order chi connectivity index (χ1) is 10.2. The molecule has 0 atom stereocenters. The molecule has 2 N–H and O–H groups in total. The highest BCUT2D eigenvalue weighted by Gasteiger charge is 2.07. The molecule has 0 aromatic heterocycles. The van der Waals surface area contributed by atoms with Crippen LogP contribution >= 0.6 is 0 Å². The van der Waals surface area contributed by atoms with Gasteiger partial charge in [0.15, 0.2) is 18.2 Å². The lowest BCUT2D eigenvalue weighted by molar-refractivity contribution is -0.123. The van der Waals surface area contributed by atoms with E-state index >= 15 is 0 Å². The number of nitrogens with one attached hydrogen (secondary N) is 2. The van der Waals surface area contributed by atoms with Gasteiger partial charge >= 0.3 is 0 Å². The lowest BCUT2D eigenvalue weighted by Gasteiger charge is -2.09. The molecule has 1 aromatic carbocycles. The van der Waals surface area contributed by atoms with Crippen molar-refractivity contribution in [2.24, 2.45) is 0 Å². The SMILES string of the molecule is CCCNC(=O)COc1ccc(CNCCOC)cc1F. The Kier molecular flexibility index (Phi) is 8.38. The molecule has 1 amide bonds. The first-order valence-electron chi connectivity index (χ1n) is 7.05. The van der Waals surface area contributed by atoms with E-state index in [1.54, 1.807) is 13.2 Å². The van der Waals surface area contributed by atoms with Crippen molar-refractivity contribution in [3.8, 4) is 5.75 Å². The average molecular weight is 298 g/mol. The smallest absolute Gasteiger partial charge is 0.257 e. The molecule has 0 unspecified atom stereocenters. The van der Waals surface area contributed by atoms with Crippen LogP contribution in [0.25, 0.3) is 0 Å². The molecule has 118 valence electrons. The summed E-state index contributed by atoms with van der Waals surface area (Å²) < 4.78 is 23.9. The maximum Gasteiger partial charge on any atom is 0.257 e. The van der Waals surface area contributed by atoms with Crippen LogP contribution in [0.5, 0.6) is 5.75 Å². The molecule has 0 spiro atoms. The van der Waals surface area contributed by atoms with Crippen molar-refractivity contribution in [3.63, 3.8) is 0 Å². The third kappa shape index (κ3) is 7.06. The first kappa shape index (κ1) is 17.4. The largest absolute Gasteiger partial charge is 0.481 e. The number of hydrogen-bond acceptors (Lipinski definition) is 4. The van der Waals surface area contributed by atoms with Crippen molar-refractivity contribution in [2.75, 3.05) is 33.4 Å². The van der Waals surface area contributed by atoms with Crippen LogP contribution in [-0.4, -0.2) is 39.3 Å². The van der Waals surface area contributed by atoms with Crippen LogP contribution in [0.4, 0.5) is 4.39 Å². The monoisotopic (exact) mass is 298 g/mol. The fourth-order valence-electron chi connectivity index (χ4n) is 1.64. The number of rotatable bonds is 10. The molecule has 6 heteroatoms. The van der Waals surface area contributed by atoms with Crippen molar-refractivity contribution in [1.29, 1.82) is 0 Å². The predicted octanol–water partition coefficient (Wildman–Crippen LogP) is 1.47. The summed E-state index contributed by atoms with van der Waals surface area (Å²) >= 11 is 0. The average Bonchev–Trinajstić information content (AvgIpc) is 2.48. The summed E-state index contributed by atoms with van der Waals surface area (Å²) in [5, 5.41) is 5.79. The van der Waals surface area contributed by atoms with Crippen LogP contribution in [0.2, 0.25) is 0 Å². The zero-order valence-electron chi connectivity index (χ0n) is 12.6. The van der Waals surface area contributed by atoms with Gasteiger partial charge in [0.05, 0.1) is 6.61 Å². The van der Waals surface area contributed by atoms with Gasteiger partial charge < -0.3 is 20.1 Å². The molecule has 0 aliphatic rings. The van der Waals surface area contributed by atoms with Gasteiger partial charge in [-0.1, -0.05) is 13.0 Å². The Balaban J connectivity index is 2.41. The van der Waals surface area contributed by atoms with Gasteiger partial charge in [0.1, 0.15) is 0 Å². The number of amides is 1. The first-order valence-corrected chi connectivity index (χ1v) is 7.05. The van der Waals surface area contributed by atoms with Crippen molar-refractivity contribution in [2.45, 2.75) is 19.9 Å². The summed E-state index contributed by atoms with van der Waals surface area (Å²) in [5.41, 5.74) is 0.811. The van der Waals surface area contributed by atoms with E-state index in [0.717, 1.165) is 12.0 Å². The van der Waals surface area contributed by atoms with Gasteiger partial charge in [0.25, 0.3) is 5.91 Å². The molecule has 0 saturated heterocycles. The molecule has 0 aliphatic heterocycles. The third-order valence-electron chi connectivity index (χ3n) is 2.74. The molecule has 1 rings (SSSR count). The van der Waals surface area contributed by atoms with Crippen molar-refractivity contribution in [1.82, 2.24) is 10.6 Å². The molecule has 1 aromatic rings. The van der Waals surface area contributed by atoms with E-state index in [9.17, 15) is 9.18 Å². The van der Waals surface area contributed by atoms with Gasteiger partial charge in [-0.25, -0.2) is 4.39 Å². The van der Waals surface area contributed by atoms with E-state index in [-0.39, 0.29) is 18.3 Å². The normalized spacial score (nSPS) is 10.4. The quantitative estimate of drug-likeness (QED) is 0.642. The lowest BCUT2D eigenvalue weighted by Crippen LogP contribution is -2.29. The van der Waals surface area contributed by atoms with Crippen LogP contribution in [0.1, 0.15) is 18.9 Å². The number of hydrogen-bond donors (Lipinski definition) is 2. The maximum absolute atomic E-state index is 13.8. The van der Waals surface area contributed by atoms with E-state index in [4.69, 9.17) is 9.47 Å². The second kappa shape index (κ2) is 10.1. The van der Waals surface area contributed by atoms with Crippen molar-refractivity contribution in [3.05, 3.63) is 29.6 Å². The topological polar surface area (TPSA) is 59.6 Å². The Morgan fingerprint density at radius 1 is 1.33 bits per heavy atom. The van der Waals surface area contributed by atoms with E-state index in [2.05, 4.69) is 10.6 Å². The minimum atomic E-state index is -0.468. The van der Waals surface area contributed by atoms with Crippen LogP contribution in [0, 0.1) is 5.82 Å². The Labute approximate surface area is 124 Å². The molecule has 0 bridgehead atoms. The zero-order valence-corrected chi connectivity index (χ0v) is 12.6. The van der Waals surface area contributed by atoms with Crippen LogP contribution < -0.4 is 15.4 Å². The van der Waals surface area contributed by atoms with E-state index in [1.165, 1.54) is 12.1 Å². The molecular formula is C15H23FN2O3. The summed E-state index contributed by atoms with van der Waals surface area (Å²) in [6.45, 7) is 4.24. The van der Waals surface area contributed by atoms with Crippen LogP contribution in [-0.2, 0) is 16.1 Å². The van der Waals surface area contributed by atoms with Gasteiger partial charge in [-0.3, -0.25) is 4.79 Å². The van der Waals surface area contributed by atoms with Gasteiger partial charge in [-0.15, -0.1) is 0 Å². The minimum absolute atomic E-state index is 0.0855. The highest BCUT2D eigenvalue weighted by molar-refractivity contribution is 5.77. The van der Waals surface area contributed by atoms with E-state index in [0.29, 0.717) is 26.2 Å². The molecule has 0 fully saturated rings. The van der Waals surface area contributed by atoms with E-state index in [1.807, 2.05) is 6.92 Å². The molecule has 0 aliphatic carbocycles. The molecule has 0 heterocycles. The summed E-state index contributed by atoms with van der Waals surface area (Å²) in [7, 11) is 1.63. The maximum atomic E-state index is 13.8. The number of halogens is 1. The summed E-state index contributed by atoms with van der Waals surface area (Å²) in [5.74, 6) is -0.631.